The minimum Gasteiger partial charge on any atom is -0.463 e. The van der Waals surface area contributed by atoms with Crippen LogP contribution in [0.25, 0.3) is 10.9 Å². The number of pyridine rings is 1. The van der Waals surface area contributed by atoms with E-state index in [9.17, 15) is 9.18 Å². The Hall–Kier alpha value is -2.23. The van der Waals surface area contributed by atoms with E-state index in [-0.39, 0.29) is 17.7 Å². The first-order valence-corrected chi connectivity index (χ1v) is 9.47. The summed E-state index contributed by atoms with van der Waals surface area (Å²) in [5.74, 6) is 1.44. The highest BCUT2D eigenvalue weighted by atomic mass is 19.1. The number of rotatable bonds is 4. The van der Waals surface area contributed by atoms with Crippen molar-refractivity contribution in [3.05, 3.63) is 54.0 Å². The molecule has 1 aromatic heterocycles. The molecule has 4 rings (SSSR count). The molecule has 0 unspecified atom stereocenters. The van der Waals surface area contributed by atoms with Gasteiger partial charge in [0.15, 0.2) is 0 Å². The molecule has 2 aliphatic carbocycles. The quantitative estimate of drug-likeness (QED) is 0.573. The molecule has 136 valence electrons. The van der Waals surface area contributed by atoms with Crippen molar-refractivity contribution in [3.8, 4) is 0 Å². The lowest BCUT2D eigenvalue weighted by molar-refractivity contribution is -0.139. The third-order valence-electron chi connectivity index (χ3n) is 6.22. The van der Waals surface area contributed by atoms with E-state index >= 15 is 0 Å². The van der Waals surface area contributed by atoms with E-state index in [1.54, 1.807) is 12.1 Å². The van der Waals surface area contributed by atoms with Crippen LogP contribution in [-0.2, 0) is 9.53 Å². The fourth-order valence-electron chi connectivity index (χ4n) is 5.04. The normalized spacial score (nSPS) is 27.5. The van der Waals surface area contributed by atoms with Crippen LogP contribution in [0.3, 0.4) is 0 Å². The van der Waals surface area contributed by atoms with Gasteiger partial charge in [-0.05, 0) is 86.1 Å². The molecule has 1 heterocycles. The molecule has 26 heavy (non-hydrogen) atoms. The van der Waals surface area contributed by atoms with Crippen molar-refractivity contribution in [2.75, 3.05) is 6.61 Å². The molecule has 1 aromatic carbocycles. The van der Waals surface area contributed by atoms with E-state index in [1.807, 2.05) is 19.2 Å². The number of carbonyl (C=O) groups is 1. The Balaban J connectivity index is 1.50. The topological polar surface area (TPSA) is 39.2 Å². The number of esters is 1. The second kappa shape index (κ2) is 6.82. The molecule has 0 amide bonds. The van der Waals surface area contributed by atoms with Crippen LogP contribution in [0, 0.1) is 23.6 Å². The summed E-state index contributed by atoms with van der Waals surface area (Å²) < 4.78 is 18.8. The first-order valence-electron chi connectivity index (χ1n) is 9.47. The predicted octanol–water partition coefficient (Wildman–Crippen LogP) is 5.01. The molecule has 2 saturated carbocycles. The summed E-state index contributed by atoms with van der Waals surface area (Å²) in [6, 6.07) is 6.87. The van der Waals surface area contributed by atoms with Gasteiger partial charge in [0.2, 0.25) is 0 Å². The summed E-state index contributed by atoms with van der Waals surface area (Å²) in [7, 11) is 0. The van der Waals surface area contributed by atoms with Crippen molar-refractivity contribution in [1.82, 2.24) is 4.98 Å². The number of ether oxygens (including phenoxy) is 1. The van der Waals surface area contributed by atoms with Gasteiger partial charge in [0.25, 0.3) is 0 Å². The average Bonchev–Trinajstić information content (AvgIpc) is 3.19. The highest BCUT2D eigenvalue weighted by Crippen LogP contribution is 2.54. The van der Waals surface area contributed by atoms with Gasteiger partial charge in [-0.2, -0.15) is 0 Å². The van der Waals surface area contributed by atoms with Gasteiger partial charge in [0.05, 0.1) is 12.1 Å². The Kier molecular flexibility index (Phi) is 4.51. The van der Waals surface area contributed by atoms with E-state index in [0.717, 1.165) is 36.6 Å². The van der Waals surface area contributed by atoms with Crippen LogP contribution in [0.4, 0.5) is 4.39 Å². The van der Waals surface area contributed by atoms with Crippen molar-refractivity contribution in [1.29, 1.82) is 0 Å². The third-order valence-corrected chi connectivity index (χ3v) is 6.22. The molecule has 0 bridgehead atoms. The zero-order chi connectivity index (χ0) is 18.3. The number of halogens is 1. The molecule has 0 spiro atoms. The van der Waals surface area contributed by atoms with Crippen LogP contribution < -0.4 is 0 Å². The number of hydrogen-bond acceptors (Lipinski definition) is 3. The van der Waals surface area contributed by atoms with Gasteiger partial charge in [-0.25, -0.2) is 9.18 Å². The molecular formula is C22H24FNO2. The Bertz CT molecular complexity index is 848. The summed E-state index contributed by atoms with van der Waals surface area (Å²) in [6.45, 7) is 6.20. The predicted molar refractivity (Wildman–Crippen MR) is 99.2 cm³/mol. The van der Waals surface area contributed by atoms with Gasteiger partial charge in [0, 0.05) is 17.2 Å². The Morgan fingerprint density at radius 3 is 2.65 bits per heavy atom. The van der Waals surface area contributed by atoms with Crippen molar-refractivity contribution in [3.63, 3.8) is 0 Å². The van der Waals surface area contributed by atoms with Crippen LogP contribution in [0.2, 0.25) is 0 Å². The second-order valence-corrected chi connectivity index (χ2v) is 7.66. The molecule has 2 aromatic rings. The van der Waals surface area contributed by atoms with Gasteiger partial charge in [-0.15, -0.1) is 0 Å². The molecule has 0 aliphatic heterocycles. The maximum atomic E-state index is 13.7. The summed E-state index contributed by atoms with van der Waals surface area (Å²) in [4.78, 5) is 16.3. The minimum atomic E-state index is -0.246. The van der Waals surface area contributed by atoms with E-state index in [2.05, 4.69) is 11.6 Å². The SMILES string of the molecule is C=C(C(=O)OCC)[C@H]1C[C@@H]2C[C@H](c3ccnc4ccc(F)cc34)C[C@@H]2C1. The summed E-state index contributed by atoms with van der Waals surface area (Å²) in [5, 5.41) is 0.935. The smallest absolute Gasteiger partial charge is 0.333 e. The summed E-state index contributed by atoms with van der Waals surface area (Å²) in [5.41, 5.74) is 2.70. The zero-order valence-corrected chi connectivity index (χ0v) is 15.1. The molecule has 2 fully saturated rings. The molecule has 0 N–H and O–H groups in total. The van der Waals surface area contributed by atoms with Crippen molar-refractivity contribution in [2.45, 2.75) is 38.5 Å². The van der Waals surface area contributed by atoms with Crippen LogP contribution in [-0.4, -0.2) is 17.6 Å². The maximum absolute atomic E-state index is 13.7. The van der Waals surface area contributed by atoms with Gasteiger partial charge in [-0.1, -0.05) is 6.58 Å². The minimum absolute atomic E-state index is 0.212. The Labute approximate surface area is 153 Å². The first-order chi connectivity index (χ1) is 12.6. The van der Waals surface area contributed by atoms with Gasteiger partial charge >= 0.3 is 5.97 Å². The lowest BCUT2D eigenvalue weighted by atomic mass is 9.88. The summed E-state index contributed by atoms with van der Waals surface area (Å²) in [6.07, 6.45) is 6.03. The number of benzene rings is 1. The lowest BCUT2D eigenvalue weighted by Gasteiger charge is -2.17. The lowest BCUT2D eigenvalue weighted by Crippen LogP contribution is -2.14. The molecule has 4 atom stereocenters. The van der Waals surface area contributed by atoms with E-state index in [1.165, 1.54) is 11.6 Å². The molecule has 3 nitrogen and oxygen atoms in total. The largest absolute Gasteiger partial charge is 0.463 e. The van der Waals surface area contributed by atoms with Gasteiger partial charge in [0.1, 0.15) is 5.82 Å². The Morgan fingerprint density at radius 1 is 1.23 bits per heavy atom. The van der Waals surface area contributed by atoms with Crippen molar-refractivity contribution >= 4 is 16.9 Å². The van der Waals surface area contributed by atoms with E-state index < -0.39 is 0 Å². The highest BCUT2D eigenvalue weighted by Gasteiger charge is 2.44. The average molecular weight is 353 g/mol. The number of aromatic nitrogens is 1. The van der Waals surface area contributed by atoms with Crippen LogP contribution in [0.15, 0.2) is 42.6 Å². The summed E-state index contributed by atoms with van der Waals surface area (Å²) >= 11 is 0. The van der Waals surface area contributed by atoms with Gasteiger partial charge in [-0.3, -0.25) is 4.98 Å². The maximum Gasteiger partial charge on any atom is 0.333 e. The first kappa shape index (κ1) is 17.2. The van der Waals surface area contributed by atoms with Gasteiger partial charge < -0.3 is 4.74 Å². The van der Waals surface area contributed by atoms with E-state index in [4.69, 9.17) is 4.74 Å². The van der Waals surface area contributed by atoms with Crippen LogP contribution in [0.1, 0.15) is 44.1 Å². The molecular weight excluding hydrogens is 329 g/mol. The van der Waals surface area contributed by atoms with Crippen molar-refractivity contribution < 1.29 is 13.9 Å². The third kappa shape index (κ3) is 3.02. The number of nitrogens with zero attached hydrogens (tertiary/aromatic N) is 1. The fraction of sp³-hybridized carbons (Fsp3) is 0.455. The molecule has 2 aliphatic rings. The molecule has 0 saturated heterocycles. The molecule has 0 radical (unpaired) electrons. The second-order valence-electron chi connectivity index (χ2n) is 7.66. The molecule has 4 heteroatoms. The number of hydrogen-bond donors (Lipinski definition) is 0. The van der Waals surface area contributed by atoms with E-state index in [0.29, 0.717) is 29.9 Å². The number of carbonyl (C=O) groups excluding carboxylic acids is 1. The van der Waals surface area contributed by atoms with Crippen LogP contribution in [0.5, 0.6) is 0 Å². The standard InChI is InChI=1S/C22H24FNO2/c1-3-26-22(25)13(2)14-8-15-10-17(11-16(15)9-14)19-6-7-24-21-5-4-18(23)12-20(19)21/h4-7,12,14-17H,2-3,8-11H2,1H3/t14-,15+,16-,17-. The fourth-order valence-corrected chi connectivity index (χ4v) is 5.04. The zero-order valence-electron chi connectivity index (χ0n) is 15.1. The Morgan fingerprint density at radius 2 is 1.96 bits per heavy atom. The number of fused-ring (bicyclic) bond motifs is 2. The van der Waals surface area contributed by atoms with Crippen LogP contribution >= 0.6 is 0 Å². The highest BCUT2D eigenvalue weighted by molar-refractivity contribution is 5.88. The van der Waals surface area contributed by atoms with Crippen molar-refractivity contribution in [2.24, 2.45) is 17.8 Å². The monoisotopic (exact) mass is 353 g/mol.